The van der Waals surface area contributed by atoms with Gasteiger partial charge in [0.05, 0.1) is 19.0 Å². The average Bonchev–Trinajstić information content (AvgIpc) is 2.25. The van der Waals surface area contributed by atoms with Crippen molar-refractivity contribution in [2.24, 2.45) is 5.92 Å². The molecular weight excluding hydrogens is 204 g/mol. The summed E-state index contributed by atoms with van der Waals surface area (Å²) in [4.78, 5) is 15.8. The van der Waals surface area contributed by atoms with Crippen LogP contribution < -0.4 is 5.56 Å². The van der Waals surface area contributed by atoms with Crippen LogP contribution in [0.25, 0.3) is 0 Å². The maximum absolute atomic E-state index is 11.6. The van der Waals surface area contributed by atoms with Crippen molar-refractivity contribution in [2.45, 2.75) is 39.3 Å². The first-order valence-electron chi connectivity index (χ1n) is 5.80. The van der Waals surface area contributed by atoms with E-state index in [1.807, 2.05) is 6.92 Å². The number of aryl methyl sites for hydroxylation is 1. The predicted molar refractivity (Wildman–Crippen MR) is 61.4 cm³/mol. The number of hydrogen-bond acceptors (Lipinski definition) is 3. The molecule has 0 saturated carbocycles. The third-order valence-electron chi connectivity index (χ3n) is 3.01. The van der Waals surface area contributed by atoms with Crippen LogP contribution >= 0.6 is 0 Å². The molecule has 1 aliphatic heterocycles. The van der Waals surface area contributed by atoms with Gasteiger partial charge < -0.3 is 4.74 Å². The lowest BCUT2D eigenvalue weighted by Gasteiger charge is -2.27. The molecule has 0 spiro atoms. The molecule has 0 N–H and O–H groups in total. The van der Waals surface area contributed by atoms with Gasteiger partial charge in [0.15, 0.2) is 0 Å². The molecule has 2 rings (SSSR count). The number of hydrogen-bond donors (Lipinski definition) is 0. The number of aromatic nitrogens is 2. The van der Waals surface area contributed by atoms with E-state index >= 15 is 0 Å². The zero-order valence-electron chi connectivity index (χ0n) is 9.85. The Bertz CT molecular complexity index is 406. The van der Waals surface area contributed by atoms with Gasteiger partial charge in [-0.05, 0) is 25.7 Å². The highest BCUT2D eigenvalue weighted by molar-refractivity contribution is 4.96. The molecule has 4 nitrogen and oxygen atoms in total. The molecule has 2 atom stereocenters. The molecule has 1 aromatic heterocycles. The maximum Gasteiger partial charge on any atom is 0.253 e. The largest absolute Gasteiger partial charge is 0.376 e. The first-order valence-corrected chi connectivity index (χ1v) is 5.80. The van der Waals surface area contributed by atoms with Gasteiger partial charge in [0.1, 0.15) is 0 Å². The van der Waals surface area contributed by atoms with Gasteiger partial charge in [-0.25, -0.2) is 4.98 Å². The minimum atomic E-state index is 0.00900. The Morgan fingerprint density at radius 2 is 2.38 bits per heavy atom. The van der Waals surface area contributed by atoms with Gasteiger partial charge in [0, 0.05) is 18.4 Å². The maximum atomic E-state index is 11.6. The summed E-state index contributed by atoms with van der Waals surface area (Å²) >= 11 is 0. The topological polar surface area (TPSA) is 44.1 Å². The molecule has 16 heavy (non-hydrogen) atoms. The normalized spacial score (nSPS) is 25.6. The second kappa shape index (κ2) is 4.78. The first kappa shape index (κ1) is 11.3. The Hall–Kier alpha value is -1.16. The highest BCUT2D eigenvalue weighted by Crippen LogP contribution is 2.18. The molecule has 4 heteroatoms. The van der Waals surface area contributed by atoms with Crippen LogP contribution in [0.1, 0.15) is 25.5 Å². The Morgan fingerprint density at radius 1 is 1.56 bits per heavy atom. The highest BCUT2D eigenvalue weighted by atomic mass is 16.5. The highest BCUT2D eigenvalue weighted by Gasteiger charge is 2.19. The van der Waals surface area contributed by atoms with E-state index in [9.17, 15) is 4.79 Å². The first-order chi connectivity index (χ1) is 7.65. The molecule has 2 heterocycles. The third-order valence-corrected chi connectivity index (χ3v) is 3.01. The molecule has 0 aliphatic carbocycles. The standard InChI is InChI=1S/C12H18N2O2/c1-9-3-4-11(16-7-9)6-14-8-13-10(2)5-12(14)15/h5,8-9,11H,3-4,6-7H2,1-2H3. The fraction of sp³-hybridized carbons (Fsp3) is 0.667. The Kier molecular flexibility index (Phi) is 3.39. The van der Waals surface area contributed by atoms with Crippen LogP contribution in [0.3, 0.4) is 0 Å². The summed E-state index contributed by atoms with van der Waals surface area (Å²) < 4.78 is 7.32. The lowest BCUT2D eigenvalue weighted by molar-refractivity contribution is -0.0201. The monoisotopic (exact) mass is 222 g/mol. The van der Waals surface area contributed by atoms with E-state index in [1.165, 1.54) is 6.42 Å². The summed E-state index contributed by atoms with van der Waals surface area (Å²) in [5.74, 6) is 0.643. The molecule has 2 unspecified atom stereocenters. The van der Waals surface area contributed by atoms with Crippen molar-refractivity contribution in [1.82, 2.24) is 9.55 Å². The summed E-state index contributed by atoms with van der Waals surface area (Å²) in [6.07, 6.45) is 3.98. The van der Waals surface area contributed by atoms with E-state index in [0.717, 1.165) is 18.7 Å². The molecule has 1 saturated heterocycles. The summed E-state index contributed by atoms with van der Waals surface area (Å²) in [6.45, 7) is 5.44. The summed E-state index contributed by atoms with van der Waals surface area (Å²) in [6, 6.07) is 1.56. The van der Waals surface area contributed by atoms with Gasteiger partial charge in [0.2, 0.25) is 0 Å². The zero-order chi connectivity index (χ0) is 11.5. The van der Waals surface area contributed by atoms with Gasteiger partial charge in [-0.3, -0.25) is 9.36 Å². The molecule has 0 radical (unpaired) electrons. The quantitative estimate of drug-likeness (QED) is 0.759. The molecule has 1 aromatic rings. The molecular formula is C12H18N2O2. The van der Waals surface area contributed by atoms with Crippen molar-refractivity contribution < 1.29 is 4.74 Å². The van der Waals surface area contributed by atoms with Crippen molar-refractivity contribution in [1.29, 1.82) is 0 Å². The van der Waals surface area contributed by atoms with Crippen LogP contribution in [0.15, 0.2) is 17.2 Å². The summed E-state index contributed by atoms with van der Waals surface area (Å²) in [5, 5.41) is 0. The molecule has 88 valence electrons. The van der Waals surface area contributed by atoms with Crippen molar-refractivity contribution in [3.05, 3.63) is 28.4 Å². The minimum Gasteiger partial charge on any atom is -0.376 e. The number of rotatable bonds is 2. The second-order valence-electron chi connectivity index (χ2n) is 4.66. The molecule has 1 aliphatic rings. The van der Waals surface area contributed by atoms with Crippen molar-refractivity contribution in [3.8, 4) is 0 Å². The minimum absolute atomic E-state index is 0.00900. The molecule has 0 amide bonds. The van der Waals surface area contributed by atoms with E-state index in [-0.39, 0.29) is 11.7 Å². The van der Waals surface area contributed by atoms with Crippen molar-refractivity contribution in [3.63, 3.8) is 0 Å². The van der Waals surface area contributed by atoms with Gasteiger partial charge in [0.25, 0.3) is 5.56 Å². The number of ether oxygens (including phenoxy) is 1. The van der Waals surface area contributed by atoms with Crippen LogP contribution in [-0.2, 0) is 11.3 Å². The lowest BCUT2D eigenvalue weighted by Crippen LogP contribution is -2.32. The van der Waals surface area contributed by atoms with Gasteiger partial charge in [-0.2, -0.15) is 0 Å². The summed E-state index contributed by atoms with van der Waals surface area (Å²) in [7, 11) is 0. The van der Waals surface area contributed by atoms with Crippen LogP contribution in [0.2, 0.25) is 0 Å². The molecule has 0 aromatic carbocycles. The Labute approximate surface area is 95.3 Å². The predicted octanol–water partition coefficient (Wildman–Crippen LogP) is 1.37. The van der Waals surface area contributed by atoms with Crippen molar-refractivity contribution in [2.75, 3.05) is 6.61 Å². The van der Waals surface area contributed by atoms with E-state index in [0.29, 0.717) is 12.5 Å². The Morgan fingerprint density at radius 3 is 3.00 bits per heavy atom. The molecule has 1 fully saturated rings. The van der Waals surface area contributed by atoms with E-state index < -0.39 is 0 Å². The fourth-order valence-corrected chi connectivity index (χ4v) is 1.95. The SMILES string of the molecule is Cc1cc(=O)n(CC2CCC(C)CO2)cn1. The van der Waals surface area contributed by atoms with Crippen LogP contribution in [-0.4, -0.2) is 22.3 Å². The van der Waals surface area contributed by atoms with Gasteiger partial charge >= 0.3 is 0 Å². The van der Waals surface area contributed by atoms with Crippen LogP contribution in [0.5, 0.6) is 0 Å². The summed E-state index contributed by atoms with van der Waals surface area (Å²) in [5.41, 5.74) is 0.772. The Balaban J connectivity index is 2.01. The fourth-order valence-electron chi connectivity index (χ4n) is 1.95. The van der Waals surface area contributed by atoms with Crippen LogP contribution in [0.4, 0.5) is 0 Å². The van der Waals surface area contributed by atoms with Crippen molar-refractivity contribution >= 4 is 0 Å². The number of nitrogens with zero attached hydrogens (tertiary/aromatic N) is 2. The smallest absolute Gasteiger partial charge is 0.253 e. The average molecular weight is 222 g/mol. The van der Waals surface area contributed by atoms with Crippen LogP contribution in [0, 0.1) is 12.8 Å². The van der Waals surface area contributed by atoms with Gasteiger partial charge in [-0.1, -0.05) is 6.92 Å². The van der Waals surface area contributed by atoms with Gasteiger partial charge in [-0.15, -0.1) is 0 Å². The third kappa shape index (κ3) is 2.70. The molecule has 0 bridgehead atoms. The van der Waals surface area contributed by atoms with E-state index in [4.69, 9.17) is 4.74 Å². The second-order valence-corrected chi connectivity index (χ2v) is 4.66. The lowest BCUT2D eigenvalue weighted by atomic mass is 10.0. The van der Waals surface area contributed by atoms with E-state index in [2.05, 4.69) is 11.9 Å². The zero-order valence-corrected chi connectivity index (χ0v) is 9.85. The van der Waals surface area contributed by atoms with E-state index in [1.54, 1.807) is 17.0 Å².